The summed E-state index contributed by atoms with van der Waals surface area (Å²) in [4.78, 5) is 12.7. The highest BCUT2D eigenvalue weighted by Crippen LogP contribution is 2.09. The molecule has 0 radical (unpaired) electrons. The van der Waals surface area contributed by atoms with Crippen LogP contribution in [0.2, 0.25) is 0 Å². The average Bonchev–Trinajstić information content (AvgIpc) is 2.79. The number of pyridine rings is 1. The second kappa shape index (κ2) is 14.4. The van der Waals surface area contributed by atoms with Crippen LogP contribution in [0.25, 0.3) is 0 Å². The second-order valence-electron chi connectivity index (χ2n) is 8.61. The zero-order chi connectivity index (χ0) is 22.8. The van der Waals surface area contributed by atoms with E-state index < -0.39 is 0 Å². The Morgan fingerprint density at radius 1 is 0.971 bits per heavy atom. The van der Waals surface area contributed by atoms with Gasteiger partial charge in [-0.15, -0.1) is 0 Å². The number of amides is 1. The van der Waals surface area contributed by atoms with E-state index in [9.17, 15) is 4.79 Å². The third-order valence-corrected chi connectivity index (χ3v) is 5.39. The fraction of sp³-hybridized carbons (Fsp3) is 0.269. The maximum atomic E-state index is 12.7. The summed E-state index contributed by atoms with van der Waals surface area (Å²) in [5, 5.41) is 15.1. The number of aromatic nitrogens is 1. The molecule has 0 aliphatic rings. The van der Waals surface area contributed by atoms with Crippen LogP contribution in [0.5, 0.6) is 0 Å². The molecule has 0 aliphatic heterocycles. The number of carbonyl (C=O) groups is 1. The largest absolute Gasteiger partial charge is 1.00 e. The Labute approximate surface area is 214 Å². The molecular weight excluding hydrogens is 471 g/mol. The summed E-state index contributed by atoms with van der Waals surface area (Å²) in [5.74, 6) is -0.104. The molecule has 0 saturated heterocycles. The Hall–Kier alpha value is -2.93. The zero-order valence-corrected chi connectivity index (χ0v) is 21.1. The quantitative estimate of drug-likeness (QED) is 0.0787. The molecule has 0 bridgehead atoms. The van der Waals surface area contributed by atoms with Crippen molar-refractivity contribution in [2.45, 2.75) is 19.5 Å². The van der Waals surface area contributed by atoms with Crippen LogP contribution in [0.3, 0.4) is 0 Å². The number of hydrogen-bond donors (Lipinski definition) is 2. The molecule has 3 rings (SSSR count). The van der Waals surface area contributed by atoms with E-state index in [4.69, 9.17) is 5.21 Å². The normalized spacial score (nSPS) is 10.9. The number of oxime groups is 1. The number of nitrogens with one attached hydrogen (secondary N) is 1. The lowest BCUT2D eigenvalue weighted by Crippen LogP contribution is -3.00. The standard InChI is InChI=1S/C26H30N4O2.2ClH/c1-30(2,21-23-12-7-4-8-13-23)17-9-16-27-26(31)24-14-15-25(18-28-32)29(20-24)19-22-10-5-3-6-11-22;;/h3-8,10-15,18,20H,9,16-17,19,21H2,1-2H3;2*1H. The molecule has 0 atom stereocenters. The Bertz CT molecular complexity index is 1050. The molecule has 6 nitrogen and oxygen atoms in total. The zero-order valence-electron chi connectivity index (χ0n) is 19.6. The van der Waals surface area contributed by atoms with Gasteiger partial charge in [0.15, 0.2) is 12.7 Å². The van der Waals surface area contributed by atoms with Crippen molar-refractivity contribution in [2.75, 3.05) is 27.2 Å². The van der Waals surface area contributed by atoms with Crippen molar-refractivity contribution < 1.29 is 43.9 Å². The first kappa shape index (κ1) is 29.1. The van der Waals surface area contributed by atoms with E-state index in [0.29, 0.717) is 24.3 Å². The summed E-state index contributed by atoms with van der Waals surface area (Å²) < 4.78 is 2.77. The lowest BCUT2D eigenvalue weighted by atomic mass is 10.2. The fourth-order valence-electron chi connectivity index (χ4n) is 3.75. The minimum absolute atomic E-state index is 0. The second-order valence-corrected chi connectivity index (χ2v) is 8.61. The Morgan fingerprint density at radius 2 is 1.59 bits per heavy atom. The first-order valence-corrected chi connectivity index (χ1v) is 10.9. The lowest BCUT2D eigenvalue weighted by Gasteiger charge is -2.30. The summed E-state index contributed by atoms with van der Waals surface area (Å²) in [6.45, 7) is 3.12. The van der Waals surface area contributed by atoms with Gasteiger partial charge in [0.05, 0.1) is 20.6 Å². The van der Waals surface area contributed by atoms with Crippen molar-refractivity contribution in [2.24, 2.45) is 5.16 Å². The molecule has 1 amide bonds. The number of quaternary nitrogens is 1. The van der Waals surface area contributed by atoms with Crippen molar-refractivity contribution in [3.05, 3.63) is 101 Å². The summed E-state index contributed by atoms with van der Waals surface area (Å²) in [5.41, 5.74) is 3.71. The molecule has 0 fully saturated rings. The molecule has 3 aromatic rings. The Balaban J connectivity index is 0.00000289. The number of halogens is 2. The molecule has 1 heterocycles. The van der Waals surface area contributed by atoms with Gasteiger partial charge in [-0.2, -0.15) is 4.57 Å². The third-order valence-electron chi connectivity index (χ3n) is 5.39. The number of carbonyl (C=O) groups excluding carboxylic acids is 1. The minimum atomic E-state index is -0.104. The van der Waals surface area contributed by atoms with Crippen LogP contribution in [0, 0.1) is 0 Å². The van der Waals surface area contributed by atoms with Crippen LogP contribution in [0.1, 0.15) is 33.6 Å². The number of rotatable bonds is 10. The fourth-order valence-corrected chi connectivity index (χ4v) is 3.75. The van der Waals surface area contributed by atoms with Gasteiger partial charge in [-0.25, -0.2) is 0 Å². The van der Waals surface area contributed by atoms with E-state index in [1.807, 2.05) is 41.0 Å². The molecule has 0 saturated carbocycles. The van der Waals surface area contributed by atoms with Crippen molar-refractivity contribution in [1.29, 1.82) is 0 Å². The predicted molar refractivity (Wildman–Crippen MR) is 126 cm³/mol. The lowest BCUT2D eigenvalue weighted by molar-refractivity contribution is -0.903. The van der Waals surface area contributed by atoms with Gasteiger partial charge in [-0.1, -0.05) is 65.8 Å². The van der Waals surface area contributed by atoms with Gasteiger partial charge >= 0.3 is 0 Å². The van der Waals surface area contributed by atoms with Gasteiger partial charge in [0.25, 0.3) is 5.91 Å². The highest BCUT2D eigenvalue weighted by atomic mass is 35.5. The SMILES string of the molecule is C[N+](C)(CCCNC(=O)c1ccc(/C=N/O)[n+](Cc2ccccc2)c1)Cc1ccccc1.[Cl-].[Cl-]. The van der Waals surface area contributed by atoms with Crippen molar-refractivity contribution in [3.63, 3.8) is 0 Å². The maximum Gasteiger partial charge on any atom is 0.257 e. The smallest absolute Gasteiger partial charge is 0.257 e. The first-order chi connectivity index (χ1) is 15.5. The van der Waals surface area contributed by atoms with Crippen molar-refractivity contribution in [3.8, 4) is 0 Å². The maximum absolute atomic E-state index is 12.7. The molecule has 8 heteroatoms. The van der Waals surface area contributed by atoms with E-state index in [0.717, 1.165) is 29.6 Å². The number of nitrogens with zero attached hydrogens (tertiary/aromatic N) is 3. The van der Waals surface area contributed by atoms with Gasteiger partial charge in [-0.05, 0) is 6.07 Å². The minimum Gasteiger partial charge on any atom is -1.00 e. The predicted octanol–water partition coefficient (Wildman–Crippen LogP) is -2.76. The summed E-state index contributed by atoms with van der Waals surface area (Å²) in [7, 11) is 4.42. The van der Waals surface area contributed by atoms with Gasteiger partial charge in [-0.3, -0.25) is 4.79 Å². The monoisotopic (exact) mass is 502 g/mol. The van der Waals surface area contributed by atoms with E-state index in [2.05, 4.69) is 48.8 Å². The third kappa shape index (κ3) is 9.14. The Kier molecular flexibility index (Phi) is 12.3. The topological polar surface area (TPSA) is 65.6 Å². The summed E-state index contributed by atoms with van der Waals surface area (Å²) in [6, 6.07) is 24.0. The van der Waals surface area contributed by atoms with E-state index >= 15 is 0 Å². The van der Waals surface area contributed by atoms with Gasteiger partial charge in [0.2, 0.25) is 5.69 Å². The van der Waals surface area contributed by atoms with Crippen LogP contribution in [0.4, 0.5) is 0 Å². The first-order valence-electron chi connectivity index (χ1n) is 10.9. The highest BCUT2D eigenvalue weighted by molar-refractivity contribution is 5.93. The van der Waals surface area contributed by atoms with Crippen LogP contribution in [-0.4, -0.2) is 49.0 Å². The van der Waals surface area contributed by atoms with Crippen molar-refractivity contribution >= 4 is 12.1 Å². The van der Waals surface area contributed by atoms with E-state index in [1.165, 1.54) is 11.8 Å². The molecule has 182 valence electrons. The number of benzene rings is 2. The van der Waals surface area contributed by atoms with Crippen LogP contribution in [-0.2, 0) is 13.1 Å². The molecule has 1 aromatic heterocycles. The van der Waals surface area contributed by atoms with E-state index in [1.54, 1.807) is 18.3 Å². The molecule has 2 aromatic carbocycles. The average molecular weight is 503 g/mol. The van der Waals surface area contributed by atoms with Crippen molar-refractivity contribution in [1.82, 2.24) is 5.32 Å². The van der Waals surface area contributed by atoms with E-state index in [-0.39, 0.29) is 30.7 Å². The Morgan fingerprint density at radius 3 is 2.21 bits per heavy atom. The summed E-state index contributed by atoms with van der Waals surface area (Å²) >= 11 is 0. The molecule has 0 spiro atoms. The molecule has 0 aliphatic carbocycles. The van der Waals surface area contributed by atoms with Crippen LogP contribution >= 0.6 is 0 Å². The molecule has 2 N–H and O–H groups in total. The highest BCUT2D eigenvalue weighted by Gasteiger charge is 2.18. The number of hydrogen-bond acceptors (Lipinski definition) is 3. The summed E-state index contributed by atoms with van der Waals surface area (Å²) in [6.07, 6.45) is 4.07. The van der Waals surface area contributed by atoms with Crippen LogP contribution in [0.15, 0.2) is 84.1 Å². The molecular formula is C26H32Cl2N4O2. The van der Waals surface area contributed by atoms with Crippen LogP contribution < -0.4 is 34.7 Å². The van der Waals surface area contributed by atoms with Gasteiger partial charge < -0.3 is 39.8 Å². The molecule has 34 heavy (non-hydrogen) atoms. The molecule has 0 unspecified atom stereocenters. The van der Waals surface area contributed by atoms with Gasteiger partial charge in [0.1, 0.15) is 18.3 Å². The van der Waals surface area contributed by atoms with Gasteiger partial charge in [0, 0.05) is 30.2 Å².